The van der Waals surface area contributed by atoms with Gasteiger partial charge in [-0.25, -0.2) is 0 Å². The van der Waals surface area contributed by atoms with Crippen molar-refractivity contribution in [2.24, 2.45) is 5.92 Å². The zero-order valence-electron chi connectivity index (χ0n) is 12.8. The average molecular weight is 322 g/mol. The van der Waals surface area contributed by atoms with Gasteiger partial charge in [0.25, 0.3) is 5.91 Å². The Hall–Kier alpha value is -1.81. The Kier molecular flexibility index (Phi) is 5.61. The summed E-state index contributed by atoms with van der Waals surface area (Å²) in [6.07, 6.45) is 5.55. The van der Waals surface area contributed by atoms with Crippen LogP contribution in [0.15, 0.2) is 30.4 Å². The number of anilines is 1. The molecule has 2 rings (SSSR count). The summed E-state index contributed by atoms with van der Waals surface area (Å²) in [6.45, 7) is 3.39. The Morgan fingerprint density at radius 1 is 1.45 bits per heavy atom. The van der Waals surface area contributed by atoms with E-state index >= 15 is 0 Å². The molecule has 22 heavy (non-hydrogen) atoms. The summed E-state index contributed by atoms with van der Waals surface area (Å²) in [5.41, 5.74) is 1.41. The first-order valence-corrected chi connectivity index (χ1v) is 7.77. The van der Waals surface area contributed by atoms with E-state index in [0.717, 1.165) is 18.4 Å². The summed E-state index contributed by atoms with van der Waals surface area (Å²) in [5.74, 6) is -0.472. The van der Waals surface area contributed by atoms with Gasteiger partial charge < -0.3 is 10.1 Å². The average Bonchev–Trinajstić information content (AvgIpc) is 2.96. The first-order chi connectivity index (χ1) is 10.5. The molecule has 118 valence electrons. The van der Waals surface area contributed by atoms with Crippen LogP contribution < -0.4 is 5.32 Å². The smallest absolute Gasteiger partial charge is 0.307 e. The number of halogens is 1. The molecular weight excluding hydrogens is 302 g/mol. The lowest BCUT2D eigenvalue weighted by Gasteiger charge is -2.16. The highest BCUT2D eigenvalue weighted by Gasteiger charge is 2.21. The van der Waals surface area contributed by atoms with Crippen LogP contribution in [0.5, 0.6) is 0 Å². The molecule has 4 nitrogen and oxygen atoms in total. The second-order valence-corrected chi connectivity index (χ2v) is 5.91. The lowest BCUT2D eigenvalue weighted by Crippen LogP contribution is -2.30. The van der Waals surface area contributed by atoms with Crippen molar-refractivity contribution in [3.05, 3.63) is 40.9 Å². The largest absolute Gasteiger partial charge is 0.453 e. The molecule has 0 saturated heterocycles. The number of benzene rings is 1. The molecule has 1 N–H and O–H groups in total. The molecule has 0 radical (unpaired) electrons. The molecule has 0 saturated carbocycles. The van der Waals surface area contributed by atoms with Gasteiger partial charge in [0.2, 0.25) is 0 Å². The molecule has 0 heterocycles. The number of esters is 1. The highest BCUT2D eigenvalue weighted by molar-refractivity contribution is 6.31. The maximum absolute atomic E-state index is 12.1. The predicted molar refractivity (Wildman–Crippen MR) is 86.9 cm³/mol. The van der Waals surface area contributed by atoms with Gasteiger partial charge in [0.15, 0.2) is 6.10 Å². The van der Waals surface area contributed by atoms with Gasteiger partial charge in [-0.15, -0.1) is 0 Å². The van der Waals surface area contributed by atoms with Crippen molar-refractivity contribution in [1.82, 2.24) is 0 Å². The van der Waals surface area contributed by atoms with Crippen molar-refractivity contribution in [2.45, 2.75) is 39.2 Å². The van der Waals surface area contributed by atoms with Gasteiger partial charge in [-0.1, -0.05) is 29.8 Å². The van der Waals surface area contributed by atoms with Crippen LogP contribution in [0.3, 0.4) is 0 Å². The second kappa shape index (κ2) is 7.45. The number of hydrogen-bond acceptors (Lipinski definition) is 3. The lowest BCUT2D eigenvalue weighted by atomic mass is 10.1. The minimum Gasteiger partial charge on any atom is -0.453 e. The van der Waals surface area contributed by atoms with Gasteiger partial charge in [-0.2, -0.15) is 0 Å². The third-order valence-corrected chi connectivity index (χ3v) is 4.15. The molecule has 1 aromatic carbocycles. The third kappa shape index (κ3) is 4.34. The number of carbonyl (C=O) groups excluding carboxylic acids is 2. The molecule has 1 aliphatic rings. The van der Waals surface area contributed by atoms with Gasteiger partial charge in [-0.3, -0.25) is 9.59 Å². The van der Waals surface area contributed by atoms with Crippen molar-refractivity contribution in [1.29, 1.82) is 0 Å². The second-order valence-electron chi connectivity index (χ2n) is 5.50. The Morgan fingerprint density at radius 2 is 2.23 bits per heavy atom. The number of hydrogen-bond donors (Lipinski definition) is 1. The van der Waals surface area contributed by atoms with Crippen molar-refractivity contribution in [3.63, 3.8) is 0 Å². The van der Waals surface area contributed by atoms with E-state index in [-0.39, 0.29) is 17.8 Å². The van der Waals surface area contributed by atoms with Crippen molar-refractivity contribution < 1.29 is 14.3 Å². The minimum atomic E-state index is -0.837. The monoisotopic (exact) mass is 321 g/mol. The third-order valence-electron chi connectivity index (χ3n) is 3.74. The van der Waals surface area contributed by atoms with E-state index in [0.29, 0.717) is 17.1 Å². The van der Waals surface area contributed by atoms with Crippen LogP contribution in [-0.4, -0.2) is 18.0 Å². The molecule has 0 unspecified atom stereocenters. The van der Waals surface area contributed by atoms with Gasteiger partial charge >= 0.3 is 5.97 Å². The molecule has 1 aliphatic carbocycles. The summed E-state index contributed by atoms with van der Waals surface area (Å²) >= 11 is 6.01. The van der Waals surface area contributed by atoms with E-state index < -0.39 is 6.10 Å². The Morgan fingerprint density at radius 3 is 2.91 bits per heavy atom. The number of amides is 1. The van der Waals surface area contributed by atoms with Gasteiger partial charge in [0.1, 0.15) is 0 Å². The molecule has 1 amide bonds. The number of allylic oxidation sites excluding steroid dienone is 2. The number of nitrogens with one attached hydrogen (secondary N) is 1. The topological polar surface area (TPSA) is 55.4 Å². The highest BCUT2D eigenvalue weighted by Crippen LogP contribution is 2.23. The lowest BCUT2D eigenvalue weighted by molar-refractivity contribution is -0.153. The Labute approximate surface area is 135 Å². The van der Waals surface area contributed by atoms with E-state index in [9.17, 15) is 9.59 Å². The van der Waals surface area contributed by atoms with E-state index in [1.54, 1.807) is 25.1 Å². The molecule has 0 bridgehead atoms. The fraction of sp³-hybridized carbons (Fsp3) is 0.412. The van der Waals surface area contributed by atoms with E-state index in [1.807, 2.05) is 13.0 Å². The van der Waals surface area contributed by atoms with Crippen LogP contribution in [0.2, 0.25) is 5.02 Å². The van der Waals surface area contributed by atoms with Crippen molar-refractivity contribution in [2.75, 3.05) is 5.32 Å². The predicted octanol–water partition coefficient (Wildman–Crippen LogP) is 3.87. The molecule has 0 aliphatic heterocycles. The zero-order chi connectivity index (χ0) is 16.1. The van der Waals surface area contributed by atoms with E-state index in [4.69, 9.17) is 16.3 Å². The van der Waals surface area contributed by atoms with Crippen LogP contribution in [0.1, 0.15) is 31.7 Å². The summed E-state index contributed by atoms with van der Waals surface area (Å²) < 4.78 is 5.20. The van der Waals surface area contributed by atoms with Crippen LogP contribution >= 0.6 is 11.6 Å². The SMILES string of the molecule is Cc1c(Cl)cccc1NC(=O)[C@@H](C)OC(=O)C[C@@H]1C=CCC1. The number of carbonyl (C=O) groups is 2. The maximum atomic E-state index is 12.1. The Balaban J connectivity index is 1.87. The molecule has 0 spiro atoms. The van der Waals surface area contributed by atoms with Crippen LogP contribution in [0.4, 0.5) is 5.69 Å². The highest BCUT2D eigenvalue weighted by atomic mass is 35.5. The van der Waals surface area contributed by atoms with E-state index in [1.165, 1.54) is 0 Å². The first kappa shape index (κ1) is 16.6. The Bertz CT molecular complexity index is 598. The minimum absolute atomic E-state index is 0.234. The van der Waals surface area contributed by atoms with Crippen LogP contribution in [0, 0.1) is 12.8 Å². The first-order valence-electron chi connectivity index (χ1n) is 7.39. The standard InChI is InChI=1S/C17H20ClNO3/c1-11-14(18)8-5-9-15(11)19-17(21)12(2)22-16(20)10-13-6-3-4-7-13/h3,5-6,8-9,12-13H,4,7,10H2,1-2H3,(H,19,21)/t12-,13-/m1/s1. The quantitative estimate of drug-likeness (QED) is 0.661. The molecule has 1 aromatic rings. The fourth-order valence-electron chi connectivity index (χ4n) is 2.36. The molecule has 5 heteroatoms. The summed E-state index contributed by atoms with van der Waals surface area (Å²) in [7, 11) is 0. The van der Waals surface area contributed by atoms with Gasteiger partial charge in [0, 0.05) is 10.7 Å². The van der Waals surface area contributed by atoms with Crippen molar-refractivity contribution in [3.8, 4) is 0 Å². The summed E-state index contributed by atoms with van der Waals surface area (Å²) in [6, 6.07) is 5.27. The summed E-state index contributed by atoms with van der Waals surface area (Å²) in [5, 5.41) is 3.31. The number of ether oxygens (including phenoxy) is 1. The maximum Gasteiger partial charge on any atom is 0.307 e. The molecule has 2 atom stereocenters. The van der Waals surface area contributed by atoms with Gasteiger partial charge in [-0.05, 0) is 50.3 Å². The van der Waals surface area contributed by atoms with Gasteiger partial charge in [0.05, 0.1) is 6.42 Å². The summed E-state index contributed by atoms with van der Waals surface area (Å²) in [4.78, 5) is 23.9. The zero-order valence-corrected chi connectivity index (χ0v) is 13.5. The molecular formula is C17H20ClNO3. The molecule has 0 fully saturated rings. The molecule has 0 aromatic heterocycles. The fourth-order valence-corrected chi connectivity index (χ4v) is 2.53. The van der Waals surface area contributed by atoms with E-state index in [2.05, 4.69) is 11.4 Å². The van der Waals surface area contributed by atoms with Crippen molar-refractivity contribution >= 4 is 29.2 Å². The van der Waals surface area contributed by atoms with Crippen LogP contribution in [-0.2, 0) is 14.3 Å². The number of rotatable bonds is 5. The van der Waals surface area contributed by atoms with Crippen LogP contribution in [0.25, 0.3) is 0 Å². The normalized spacial score (nSPS) is 18.0.